The summed E-state index contributed by atoms with van der Waals surface area (Å²) in [6, 6.07) is 9.78. The Bertz CT molecular complexity index is 1350. The van der Waals surface area contributed by atoms with Crippen LogP contribution in [0.15, 0.2) is 42.6 Å². The summed E-state index contributed by atoms with van der Waals surface area (Å²) in [5.41, 5.74) is 2.19. The summed E-state index contributed by atoms with van der Waals surface area (Å²) in [6.07, 6.45) is 3.31. The number of benzene rings is 2. The van der Waals surface area contributed by atoms with Crippen molar-refractivity contribution in [3.63, 3.8) is 0 Å². The molecule has 2 aliphatic rings. The average Bonchev–Trinajstić information content (AvgIpc) is 3.57. The normalized spacial score (nSPS) is 19.4. The molecule has 0 saturated carbocycles. The van der Waals surface area contributed by atoms with Gasteiger partial charge in [0.1, 0.15) is 5.82 Å². The van der Waals surface area contributed by atoms with Gasteiger partial charge in [0, 0.05) is 61.9 Å². The van der Waals surface area contributed by atoms with Gasteiger partial charge in [-0.05, 0) is 56.5 Å². The van der Waals surface area contributed by atoms with Crippen LogP contribution in [-0.2, 0) is 4.79 Å². The van der Waals surface area contributed by atoms with Gasteiger partial charge < -0.3 is 14.8 Å². The summed E-state index contributed by atoms with van der Waals surface area (Å²) < 4.78 is 13.3. The number of fused-ring (bicyclic) bond motifs is 1. The molecule has 0 bridgehead atoms. The maximum absolute atomic E-state index is 13.6. The van der Waals surface area contributed by atoms with E-state index >= 15 is 0 Å². The number of nitrogens with one attached hydrogen (secondary N) is 1. The number of halogens is 2. The number of Topliss-reactive ketones (excluding diaryl/α,β-unsaturated/α-hetero) is 1. The molecule has 5 rings (SSSR count). The van der Waals surface area contributed by atoms with Gasteiger partial charge in [0.2, 0.25) is 0 Å². The zero-order valence-corrected chi connectivity index (χ0v) is 21.7. The Morgan fingerprint density at radius 1 is 1.03 bits per heavy atom. The fourth-order valence-corrected chi connectivity index (χ4v) is 5.66. The summed E-state index contributed by atoms with van der Waals surface area (Å²) in [4.78, 5) is 48.0. The van der Waals surface area contributed by atoms with Gasteiger partial charge in [-0.25, -0.2) is 4.39 Å². The van der Waals surface area contributed by atoms with E-state index in [1.165, 1.54) is 18.3 Å². The molecule has 2 atom stereocenters. The molecular formula is C28H30ClFN4O3. The molecule has 1 aromatic heterocycles. The van der Waals surface area contributed by atoms with Gasteiger partial charge in [-0.1, -0.05) is 23.7 Å². The van der Waals surface area contributed by atoms with Gasteiger partial charge in [0.15, 0.2) is 0 Å². The van der Waals surface area contributed by atoms with Crippen LogP contribution in [0.4, 0.5) is 4.39 Å². The summed E-state index contributed by atoms with van der Waals surface area (Å²) in [5.74, 6) is -1.56. The highest BCUT2D eigenvalue weighted by atomic mass is 35.5. The number of hydrogen-bond donors (Lipinski definition) is 1. The van der Waals surface area contributed by atoms with Crippen molar-refractivity contribution >= 4 is 40.1 Å². The lowest BCUT2D eigenvalue weighted by atomic mass is 10.0. The number of likely N-dealkylation sites (tertiary alicyclic amines) is 1. The largest absolute Gasteiger partial charge is 0.360 e. The van der Waals surface area contributed by atoms with Gasteiger partial charge in [-0.15, -0.1) is 0 Å². The van der Waals surface area contributed by atoms with Gasteiger partial charge in [-0.2, -0.15) is 0 Å². The number of aromatic amines is 1. The van der Waals surface area contributed by atoms with Crippen molar-refractivity contribution in [1.29, 1.82) is 0 Å². The van der Waals surface area contributed by atoms with E-state index in [1.54, 1.807) is 34.1 Å². The number of carbonyl (C=O) groups excluding carboxylic acids is 3. The van der Waals surface area contributed by atoms with E-state index in [0.29, 0.717) is 54.2 Å². The third kappa shape index (κ3) is 4.88. The molecule has 2 amide bonds. The van der Waals surface area contributed by atoms with E-state index < -0.39 is 11.7 Å². The van der Waals surface area contributed by atoms with Crippen molar-refractivity contribution in [2.24, 2.45) is 0 Å². The van der Waals surface area contributed by atoms with Crippen molar-refractivity contribution in [3.05, 3.63) is 70.1 Å². The Morgan fingerprint density at radius 2 is 1.73 bits per heavy atom. The molecule has 7 nitrogen and oxygen atoms in total. The molecule has 1 N–H and O–H groups in total. The minimum absolute atomic E-state index is 0.0833. The Hall–Kier alpha value is -3.23. The van der Waals surface area contributed by atoms with E-state index in [0.717, 1.165) is 18.4 Å². The zero-order valence-electron chi connectivity index (χ0n) is 21.0. The highest BCUT2D eigenvalue weighted by Crippen LogP contribution is 2.30. The second kappa shape index (κ2) is 10.3. The summed E-state index contributed by atoms with van der Waals surface area (Å²) in [6.45, 7) is 7.07. The SMILES string of the molecule is CC(c1ccc(F)cc1)N1CCN(C(=O)c2cc3c(C(=O)C(=O)N4CCCC4)c[nH]c3cc2Cl)C(C)C1. The lowest BCUT2D eigenvalue weighted by molar-refractivity contribution is -0.125. The van der Waals surface area contributed by atoms with Crippen LogP contribution in [0.5, 0.6) is 0 Å². The first-order valence-electron chi connectivity index (χ1n) is 12.7. The maximum atomic E-state index is 13.6. The minimum Gasteiger partial charge on any atom is -0.360 e. The quantitative estimate of drug-likeness (QED) is 0.388. The predicted molar refractivity (Wildman–Crippen MR) is 140 cm³/mol. The number of nitrogens with zero attached hydrogens (tertiary/aromatic N) is 3. The Morgan fingerprint density at radius 3 is 2.41 bits per heavy atom. The predicted octanol–water partition coefficient (Wildman–Crippen LogP) is 4.67. The molecule has 194 valence electrons. The number of aromatic nitrogens is 1. The summed E-state index contributed by atoms with van der Waals surface area (Å²) in [5, 5.41) is 0.806. The lowest BCUT2D eigenvalue weighted by Crippen LogP contribution is -2.54. The second-order valence-corrected chi connectivity index (χ2v) is 10.4. The van der Waals surface area contributed by atoms with E-state index in [1.807, 2.05) is 6.92 Å². The van der Waals surface area contributed by atoms with Gasteiger partial charge in [0.25, 0.3) is 17.6 Å². The van der Waals surface area contributed by atoms with E-state index in [4.69, 9.17) is 11.6 Å². The maximum Gasteiger partial charge on any atom is 0.295 e. The van der Waals surface area contributed by atoms with Crippen molar-refractivity contribution in [2.45, 2.75) is 38.8 Å². The van der Waals surface area contributed by atoms with E-state index in [2.05, 4.69) is 16.8 Å². The van der Waals surface area contributed by atoms with Crippen LogP contribution in [0.2, 0.25) is 5.02 Å². The highest BCUT2D eigenvalue weighted by molar-refractivity contribution is 6.45. The monoisotopic (exact) mass is 524 g/mol. The Labute approximate surface area is 220 Å². The first-order chi connectivity index (χ1) is 17.7. The molecule has 3 heterocycles. The van der Waals surface area contributed by atoms with E-state index in [-0.39, 0.29) is 29.4 Å². The summed E-state index contributed by atoms with van der Waals surface area (Å²) in [7, 11) is 0. The first kappa shape index (κ1) is 25.4. The number of carbonyl (C=O) groups is 3. The fraction of sp³-hybridized carbons (Fsp3) is 0.393. The number of H-pyrrole nitrogens is 1. The number of rotatable bonds is 5. The number of ketones is 1. The number of amides is 2. The molecule has 3 aromatic rings. The molecule has 2 fully saturated rings. The highest BCUT2D eigenvalue weighted by Gasteiger charge is 2.32. The van der Waals surface area contributed by atoms with Crippen molar-refractivity contribution in [3.8, 4) is 0 Å². The number of piperazine rings is 1. The van der Waals surface area contributed by atoms with Crippen molar-refractivity contribution in [1.82, 2.24) is 19.7 Å². The summed E-state index contributed by atoms with van der Waals surface area (Å²) >= 11 is 6.52. The number of hydrogen-bond acceptors (Lipinski definition) is 4. The molecule has 2 aromatic carbocycles. The molecule has 2 aliphatic heterocycles. The molecule has 37 heavy (non-hydrogen) atoms. The zero-order chi connectivity index (χ0) is 26.3. The molecule has 2 unspecified atom stereocenters. The third-order valence-corrected chi connectivity index (χ3v) is 7.96. The average molecular weight is 525 g/mol. The van der Waals surface area contributed by atoms with Crippen LogP contribution in [-0.4, -0.2) is 76.0 Å². The molecule has 0 spiro atoms. The smallest absolute Gasteiger partial charge is 0.295 e. The van der Waals surface area contributed by atoms with Crippen LogP contribution in [0.3, 0.4) is 0 Å². The Kier molecular flexibility index (Phi) is 7.05. The van der Waals surface area contributed by atoms with Gasteiger partial charge in [0.05, 0.1) is 16.1 Å². The van der Waals surface area contributed by atoms with Crippen LogP contribution in [0.25, 0.3) is 10.9 Å². The first-order valence-corrected chi connectivity index (χ1v) is 13.1. The van der Waals surface area contributed by atoms with Crippen LogP contribution >= 0.6 is 11.6 Å². The van der Waals surface area contributed by atoms with Crippen LogP contribution in [0, 0.1) is 5.82 Å². The molecule has 0 radical (unpaired) electrons. The topological polar surface area (TPSA) is 76.7 Å². The van der Waals surface area contributed by atoms with Gasteiger partial charge in [-0.3, -0.25) is 19.3 Å². The standard InChI is InChI=1S/C28H30ClFN4O3/c1-17-16-33(18(2)19-5-7-20(30)8-6-19)11-12-34(17)27(36)22-13-21-23(15-31-25(21)14-24(22)29)26(35)28(37)32-9-3-4-10-32/h5-8,13-15,17-18,31H,3-4,9-12,16H2,1-2H3. The van der Waals surface area contributed by atoms with Gasteiger partial charge >= 0.3 is 0 Å². The molecule has 9 heteroatoms. The fourth-order valence-electron chi connectivity index (χ4n) is 5.42. The Balaban J connectivity index is 1.35. The lowest BCUT2D eigenvalue weighted by Gasteiger charge is -2.42. The van der Waals surface area contributed by atoms with Crippen LogP contribution in [0.1, 0.15) is 59.0 Å². The molecular weight excluding hydrogens is 495 g/mol. The minimum atomic E-state index is -0.578. The van der Waals surface area contributed by atoms with Crippen molar-refractivity contribution < 1.29 is 18.8 Å². The molecule has 2 saturated heterocycles. The third-order valence-electron chi connectivity index (χ3n) is 7.65. The molecule has 0 aliphatic carbocycles. The van der Waals surface area contributed by atoms with E-state index in [9.17, 15) is 18.8 Å². The van der Waals surface area contributed by atoms with Crippen LogP contribution < -0.4 is 0 Å². The van der Waals surface area contributed by atoms with Crippen molar-refractivity contribution in [2.75, 3.05) is 32.7 Å². The second-order valence-electron chi connectivity index (χ2n) is 9.98.